The molecule has 5 heteroatoms. The molecular formula is C8H12FN3O. The van der Waals surface area contributed by atoms with Crippen LogP contribution in [0.15, 0.2) is 18.2 Å². The van der Waals surface area contributed by atoms with Crippen LogP contribution in [-0.2, 0) is 0 Å². The van der Waals surface area contributed by atoms with Crippen LogP contribution in [0.4, 0.5) is 4.39 Å². The molecular weight excluding hydrogens is 173 g/mol. The summed E-state index contributed by atoms with van der Waals surface area (Å²) in [6, 6.07) is 4.43. The summed E-state index contributed by atoms with van der Waals surface area (Å²) >= 11 is 0. The number of rotatable bonds is 3. The Labute approximate surface area is 75.6 Å². The largest absolute Gasteiger partial charge is 0.494 e. The summed E-state index contributed by atoms with van der Waals surface area (Å²) in [5.74, 6) is 4.83. The summed E-state index contributed by atoms with van der Waals surface area (Å²) in [7, 11) is 1.40. The highest BCUT2D eigenvalue weighted by atomic mass is 19.1. The first-order valence-corrected chi connectivity index (χ1v) is 3.74. The van der Waals surface area contributed by atoms with Gasteiger partial charge in [-0.3, -0.25) is 5.84 Å². The summed E-state index contributed by atoms with van der Waals surface area (Å²) in [5.41, 5.74) is 8.40. The fraction of sp³-hybridized carbons (Fsp3) is 0.250. The van der Waals surface area contributed by atoms with Gasteiger partial charge in [0.2, 0.25) is 0 Å². The maximum atomic E-state index is 13.1. The first-order chi connectivity index (χ1) is 6.19. The molecule has 4 nitrogen and oxygen atoms in total. The molecule has 0 fully saturated rings. The average Bonchev–Trinajstić information content (AvgIpc) is 2.16. The minimum Gasteiger partial charge on any atom is -0.494 e. The lowest BCUT2D eigenvalue weighted by Gasteiger charge is -2.11. The highest BCUT2D eigenvalue weighted by molar-refractivity contribution is 5.30. The van der Waals surface area contributed by atoms with E-state index < -0.39 is 12.0 Å². The third kappa shape index (κ3) is 2.15. The molecule has 1 atom stereocenters. The number of halogens is 1. The number of ether oxygens (including phenoxy) is 1. The first-order valence-electron chi connectivity index (χ1n) is 3.74. The molecule has 0 bridgehead atoms. The summed E-state index contributed by atoms with van der Waals surface area (Å²) in [5, 5.41) is 0. The van der Waals surface area contributed by atoms with Crippen LogP contribution in [0.3, 0.4) is 0 Å². The van der Waals surface area contributed by atoms with Crippen LogP contribution in [0.5, 0.6) is 5.75 Å². The quantitative estimate of drug-likeness (QED) is 0.358. The molecule has 1 rings (SSSR count). The molecule has 0 amide bonds. The predicted octanol–water partition coefficient (Wildman–Crippen LogP) is 0.255. The Morgan fingerprint density at radius 3 is 2.69 bits per heavy atom. The maximum Gasteiger partial charge on any atom is 0.165 e. The van der Waals surface area contributed by atoms with Gasteiger partial charge in [-0.25, -0.2) is 9.82 Å². The van der Waals surface area contributed by atoms with Gasteiger partial charge >= 0.3 is 0 Å². The second-order valence-electron chi connectivity index (χ2n) is 2.54. The van der Waals surface area contributed by atoms with Crippen LogP contribution in [0.1, 0.15) is 11.7 Å². The van der Waals surface area contributed by atoms with E-state index in [1.807, 2.05) is 0 Å². The van der Waals surface area contributed by atoms with Crippen molar-refractivity contribution in [2.45, 2.75) is 6.17 Å². The van der Waals surface area contributed by atoms with Crippen LogP contribution in [0.25, 0.3) is 0 Å². The normalized spacial score (nSPS) is 12.6. The molecule has 1 aromatic carbocycles. The van der Waals surface area contributed by atoms with E-state index in [-0.39, 0.29) is 5.75 Å². The Hall–Kier alpha value is -1.17. The van der Waals surface area contributed by atoms with Crippen LogP contribution in [-0.4, -0.2) is 7.11 Å². The van der Waals surface area contributed by atoms with E-state index in [0.29, 0.717) is 5.56 Å². The number of nitrogens with two attached hydrogens (primary N) is 2. The fourth-order valence-corrected chi connectivity index (χ4v) is 0.972. The third-order valence-corrected chi connectivity index (χ3v) is 1.71. The number of nitrogens with one attached hydrogen (secondary N) is 1. The van der Waals surface area contributed by atoms with Crippen molar-refractivity contribution in [3.63, 3.8) is 0 Å². The van der Waals surface area contributed by atoms with E-state index in [9.17, 15) is 4.39 Å². The Morgan fingerprint density at radius 1 is 1.54 bits per heavy atom. The van der Waals surface area contributed by atoms with Gasteiger partial charge in [-0.1, -0.05) is 6.07 Å². The lowest BCUT2D eigenvalue weighted by atomic mass is 10.1. The molecule has 0 saturated carbocycles. The van der Waals surface area contributed by atoms with E-state index in [2.05, 4.69) is 5.43 Å². The van der Waals surface area contributed by atoms with E-state index in [0.717, 1.165) is 0 Å². The minimum atomic E-state index is -0.569. The Balaban J connectivity index is 2.95. The fourth-order valence-electron chi connectivity index (χ4n) is 0.972. The zero-order valence-electron chi connectivity index (χ0n) is 7.25. The van der Waals surface area contributed by atoms with Crippen molar-refractivity contribution in [2.24, 2.45) is 11.6 Å². The van der Waals surface area contributed by atoms with Crippen molar-refractivity contribution < 1.29 is 9.13 Å². The van der Waals surface area contributed by atoms with Gasteiger partial charge in [0.05, 0.1) is 13.3 Å². The molecule has 13 heavy (non-hydrogen) atoms. The molecule has 0 heterocycles. The standard InChI is InChI=1S/C8H12FN3O/c1-13-7-3-2-5(4-6(7)9)8(10)12-11/h2-4,8,12H,10-11H2,1H3. The number of benzene rings is 1. The van der Waals surface area contributed by atoms with Crippen LogP contribution in [0.2, 0.25) is 0 Å². The van der Waals surface area contributed by atoms with Gasteiger partial charge in [-0.2, -0.15) is 0 Å². The number of hydrogen-bond donors (Lipinski definition) is 3. The van der Waals surface area contributed by atoms with Crippen molar-refractivity contribution in [2.75, 3.05) is 7.11 Å². The Morgan fingerprint density at radius 2 is 2.23 bits per heavy atom. The van der Waals surface area contributed by atoms with Crippen molar-refractivity contribution >= 4 is 0 Å². The zero-order chi connectivity index (χ0) is 9.84. The Bertz CT molecular complexity index is 293. The second-order valence-corrected chi connectivity index (χ2v) is 2.54. The summed E-state index contributed by atoms with van der Waals surface area (Å²) in [6.45, 7) is 0. The molecule has 0 aliphatic rings. The monoisotopic (exact) mass is 185 g/mol. The van der Waals surface area contributed by atoms with Gasteiger partial charge in [0.15, 0.2) is 11.6 Å². The summed E-state index contributed by atoms with van der Waals surface area (Å²) in [6.07, 6.45) is -0.569. The predicted molar refractivity (Wildman–Crippen MR) is 47.2 cm³/mol. The summed E-state index contributed by atoms with van der Waals surface area (Å²) in [4.78, 5) is 0. The smallest absolute Gasteiger partial charge is 0.165 e. The lowest BCUT2D eigenvalue weighted by Crippen LogP contribution is -2.34. The van der Waals surface area contributed by atoms with Gasteiger partial charge in [0.1, 0.15) is 0 Å². The molecule has 0 aliphatic carbocycles. The van der Waals surface area contributed by atoms with Gasteiger partial charge in [-0.15, -0.1) is 0 Å². The molecule has 0 saturated heterocycles. The van der Waals surface area contributed by atoms with Gasteiger partial charge in [0, 0.05) is 0 Å². The van der Waals surface area contributed by atoms with Gasteiger partial charge in [-0.05, 0) is 17.7 Å². The zero-order valence-corrected chi connectivity index (χ0v) is 7.25. The average molecular weight is 185 g/mol. The molecule has 72 valence electrons. The second kappa shape index (κ2) is 4.18. The van der Waals surface area contributed by atoms with E-state index in [1.54, 1.807) is 6.07 Å². The van der Waals surface area contributed by atoms with E-state index in [1.165, 1.54) is 19.2 Å². The molecule has 1 unspecified atom stereocenters. The van der Waals surface area contributed by atoms with E-state index in [4.69, 9.17) is 16.3 Å². The van der Waals surface area contributed by atoms with Crippen LogP contribution >= 0.6 is 0 Å². The maximum absolute atomic E-state index is 13.1. The molecule has 0 spiro atoms. The van der Waals surface area contributed by atoms with Gasteiger partial charge in [0.25, 0.3) is 0 Å². The van der Waals surface area contributed by atoms with Crippen molar-refractivity contribution in [3.8, 4) is 5.75 Å². The number of methoxy groups -OCH3 is 1. The molecule has 0 radical (unpaired) electrons. The van der Waals surface area contributed by atoms with Gasteiger partial charge < -0.3 is 10.5 Å². The molecule has 0 aliphatic heterocycles. The molecule has 5 N–H and O–H groups in total. The summed E-state index contributed by atoms with van der Waals surface area (Å²) < 4.78 is 17.8. The highest BCUT2D eigenvalue weighted by Gasteiger charge is 2.07. The van der Waals surface area contributed by atoms with Crippen LogP contribution < -0.4 is 21.7 Å². The lowest BCUT2D eigenvalue weighted by molar-refractivity contribution is 0.385. The van der Waals surface area contributed by atoms with Crippen molar-refractivity contribution in [3.05, 3.63) is 29.6 Å². The SMILES string of the molecule is COc1ccc(C(N)NN)cc1F. The van der Waals surface area contributed by atoms with Crippen molar-refractivity contribution in [1.29, 1.82) is 0 Å². The number of hydrazine groups is 1. The van der Waals surface area contributed by atoms with Crippen molar-refractivity contribution in [1.82, 2.24) is 5.43 Å². The Kier molecular flexibility index (Phi) is 3.18. The third-order valence-electron chi connectivity index (χ3n) is 1.71. The highest BCUT2D eigenvalue weighted by Crippen LogP contribution is 2.19. The number of hydrogen-bond acceptors (Lipinski definition) is 4. The first kappa shape index (κ1) is 9.91. The van der Waals surface area contributed by atoms with Crippen LogP contribution in [0, 0.1) is 5.82 Å². The topological polar surface area (TPSA) is 73.3 Å². The molecule has 1 aromatic rings. The van der Waals surface area contributed by atoms with E-state index >= 15 is 0 Å². The minimum absolute atomic E-state index is 0.188. The molecule has 0 aromatic heterocycles.